The molecule has 0 aliphatic heterocycles. The Balaban J connectivity index is 1.94. The van der Waals surface area contributed by atoms with Crippen LogP contribution < -0.4 is 10.1 Å². The summed E-state index contributed by atoms with van der Waals surface area (Å²) < 4.78 is 18.3. The van der Waals surface area contributed by atoms with E-state index in [2.05, 4.69) is 5.32 Å². The quantitative estimate of drug-likeness (QED) is 0.816. The smallest absolute Gasteiger partial charge is 0.227 e. The second kappa shape index (κ2) is 8.45. The number of nitrogens with one attached hydrogen (secondary N) is 1. The number of rotatable bonds is 7. The Morgan fingerprint density at radius 3 is 2.75 bits per heavy atom. The number of halogens is 1. The van der Waals surface area contributed by atoms with Gasteiger partial charge in [-0.25, -0.2) is 4.39 Å². The van der Waals surface area contributed by atoms with E-state index in [-0.39, 0.29) is 24.2 Å². The minimum Gasteiger partial charge on any atom is -0.496 e. The minimum absolute atomic E-state index is 0.111. The van der Waals surface area contributed by atoms with Crippen LogP contribution in [0.4, 0.5) is 10.1 Å². The molecule has 0 saturated heterocycles. The van der Waals surface area contributed by atoms with Crippen molar-refractivity contribution < 1.29 is 19.0 Å². The first kappa shape index (κ1) is 17.9. The molecular formula is C19H22FNO3. The van der Waals surface area contributed by atoms with Gasteiger partial charge in [-0.15, -0.1) is 0 Å². The summed E-state index contributed by atoms with van der Waals surface area (Å²) in [4.78, 5) is 12.3. The van der Waals surface area contributed by atoms with Crippen LogP contribution in [0.5, 0.6) is 5.75 Å². The molecule has 0 bridgehead atoms. The van der Waals surface area contributed by atoms with Crippen LogP contribution >= 0.6 is 0 Å². The summed E-state index contributed by atoms with van der Waals surface area (Å²) in [6, 6.07) is 11.5. The Bertz CT molecular complexity index is 703. The highest BCUT2D eigenvalue weighted by Crippen LogP contribution is 2.23. The van der Waals surface area contributed by atoms with E-state index in [9.17, 15) is 14.3 Å². The SMILES string of the molecule is COc1ccc(NC(=O)C(C)CCc2cccc(F)c2)cc1CO. The van der Waals surface area contributed by atoms with E-state index < -0.39 is 0 Å². The first-order chi connectivity index (χ1) is 11.5. The molecule has 0 spiro atoms. The Morgan fingerprint density at radius 2 is 2.08 bits per heavy atom. The van der Waals surface area contributed by atoms with Crippen LogP contribution in [0.3, 0.4) is 0 Å². The number of aryl methyl sites for hydroxylation is 1. The van der Waals surface area contributed by atoms with Gasteiger partial charge in [-0.3, -0.25) is 4.79 Å². The van der Waals surface area contributed by atoms with E-state index in [0.717, 1.165) is 5.56 Å². The zero-order chi connectivity index (χ0) is 17.5. The van der Waals surface area contributed by atoms with Crippen LogP contribution in [0.2, 0.25) is 0 Å². The third kappa shape index (κ3) is 4.80. The largest absolute Gasteiger partial charge is 0.496 e. The molecule has 0 fully saturated rings. The minimum atomic E-state index is -0.264. The monoisotopic (exact) mass is 331 g/mol. The van der Waals surface area contributed by atoms with Crippen molar-refractivity contribution in [3.63, 3.8) is 0 Å². The van der Waals surface area contributed by atoms with Gasteiger partial charge < -0.3 is 15.2 Å². The van der Waals surface area contributed by atoms with Crippen molar-refractivity contribution in [2.24, 2.45) is 5.92 Å². The van der Waals surface area contributed by atoms with Gasteiger partial charge in [-0.2, -0.15) is 0 Å². The predicted octanol–water partition coefficient (Wildman–Crippen LogP) is 3.53. The summed E-state index contributed by atoms with van der Waals surface area (Å²) in [5, 5.41) is 12.2. The van der Waals surface area contributed by atoms with E-state index in [1.807, 2.05) is 13.0 Å². The molecule has 128 valence electrons. The van der Waals surface area contributed by atoms with Crippen LogP contribution in [0.25, 0.3) is 0 Å². The lowest BCUT2D eigenvalue weighted by molar-refractivity contribution is -0.119. The number of hydrogen-bond acceptors (Lipinski definition) is 3. The summed E-state index contributed by atoms with van der Waals surface area (Å²) >= 11 is 0. The van der Waals surface area contributed by atoms with Gasteiger partial charge in [0.05, 0.1) is 13.7 Å². The van der Waals surface area contributed by atoms with Gasteiger partial charge >= 0.3 is 0 Å². The third-order valence-corrected chi connectivity index (χ3v) is 3.92. The molecule has 5 heteroatoms. The molecule has 0 saturated carbocycles. The molecule has 1 atom stereocenters. The van der Waals surface area contributed by atoms with E-state index in [1.54, 1.807) is 24.3 Å². The highest BCUT2D eigenvalue weighted by atomic mass is 19.1. The zero-order valence-electron chi connectivity index (χ0n) is 13.9. The van der Waals surface area contributed by atoms with Crippen LogP contribution in [-0.2, 0) is 17.8 Å². The first-order valence-electron chi connectivity index (χ1n) is 7.86. The van der Waals surface area contributed by atoms with Crippen molar-refractivity contribution in [1.29, 1.82) is 0 Å². The predicted molar refractivity (Wildman–Crippen MR) is 91.4 cm³/mol. The van der Waals surface area contributed by atoms with Gasteiger partial charge in [0.25, 0.3) is 0 Å². The Kier molecular flexibility index (Phi) is 6.32. The number of amides is 1. The highest BCUT2D eigenvalue weighted by molar-refractivity contribution is 5.92. The van der Waals surface area contributed by atoms with Crippen molar-refractivity contribution in [2.75, 3.05) is 12.4 Å². The number of carbonyl (C=O) groups is 1. The maximum Gasteiger partial charge on any atom is 0.227 e. The van der Waals surface area contributed by atoms with E-state index in [0.29, 0.717) is 29.8 Å². The molecule has 0 aliphatic rings. The van der Waals surface area contributed by atoms with E-state index >= 15 is 0 Å². The number of ether oxygens (including phenoxy) is 1. The van der Waals surface area contributed by atoms with E-state index in [4.69, 9.17) is 4.74 Å². The van der Waals surface area contributed by atoms with Crippen molar-refractivity contribution in [2.45, 2.75) is 26.4 Å². The number of aliphatic hydroxyl groups excluding tert-OH is 1. The van der Waals surface area contributed by atoms with Crippen LogP contribution in [-0.4, -0.2) is 18.1 Å². The lowest BCUT2D eigenvalue weighted by Crippen LogP contribution is -2.21. The van der Waals surface area contributed by atoms with Gasteiger partial charge in [-0.05, 0) is 48.7 Å². The average Bonchev–Trinajstić information content (AvgIpc) is 2.59. The molecule has 2 N–H and O–H groups in total. The van der Waals surface area contributed by atoms with Gasteiger partial charge in [0.15, 0.2) is 0 Å². The second-order valence-electron chi connectivity index (χ2n) is 5.74. The fraction of sp³-hybridized carbons (Fsp3) is 0.316. The number of benzene rings is 2. The maximum atomic E-state index is 13.2. The van der Waals surface area contributed by atoms with Gasteiger partial charge in [0, 0.05) is 17.2 Å². The standard InChI is InChI=1S/C19H22FNO3/c1-13(6-7-14-4-3-5-16(20)10-14)19(23)21-17-8-9-18(24-2)15(11-17)12-22/h3-5,8-11,13,22H,6-7,12H2,1-2H3,(H,21,23). The Hall–Kier alpha value is -2.40. The number of hydrogen-bond donors (Lipinski definition) is 2. The zero-order valence-corrected chi connectivity index (χ0v) is 13.9. The number of aliphatic hydroxyl groups is 1. The Morgan fingerprint density at radius 1 is 1.29 bits per heavy atom. The normalized spacial score (nSPS) is 11.8. The number of methoxy groups -OCH3 is 1. The molecule has 0 heterocycles. The summed E-state index contributed by atoms with van der Waals surface area (Å²) in [7, 11) is 1.53. The molecule has 0 aromatic heterocycles. The molecule has 1 amide bonds. The number of carbonyl (C=O) groups excluding carboxylic acids is 1. The van der Waals surface area contributed by atoms with Gasteiger partial charge in [0.1, 0.15) is 11.6 Å². The lowest BCUT2D eigenvalue weighted by Gasteiger charge is -2.14. The molecule has 2 rings (SSSR count). The fourth-order valence-electron chi connectivity index (χ4n) is 2.45. The molecular weight excluding hydrogens is 309 g/mol. The summed E-state index contributed by atoms with van der Waals surface area (Å²) in [6.07, 6.45) is 1.26. The fourth-order valence-corrected chi connectivity index (χ4v) is 2.45. The summed E-state index contributed by atoms with van der Waals surface area (Å²) in [5.74, 6) is -0.0116. The third-order valence-electron chi connectivity index (χ3n) is 3.92. The topological polar surface area (TPSA) is 58.6 Å². The summed E-state index contributed by atoms with van der Waals surface area (Å²) in [6.45, 7) is 1.67. The molecule has 1 unspecified atom stereocenters. The van der Waals surface area contributed by atoms with Crippen molar-refractivity contribution in [3.8, 4) is 5.75 Å². The lowest BCUT2D eigenvalue weighted by atomic mass is 10.00. The highest BCUT2D eigenvalue weighted by Gasteiger charge is 2.14. The number of anilines is 1. The average molecular weight is 331 g/mol. The van der Waals surface area contributed by atoms with Gasteiger partial charge in [0.2, 0.25) is 5.91 Å². The van der Waals surface area contributed by atoms with Crippen LogP contribution in [0.15, 0.2) is 42.5 Å². The first-order valence-corrected chi connectivity index (χ1v) is 7.86. The molecule has 0 radical (unpaired) electrons. The molecule has 24 heavy (non-hydrogen) atoms. The van der Waals surface area contributed by atoms with E-state index in [1.165, 1.54) is 19.2 Å². The summed E-state index contributed by atoms with van der Waals surface area (Å²) in [5.41, 5.74) is 2.10. The second-order valence-corrected chi connectivity index (χ2v) is 5.74. The molecule has 4 nitrogen and oxygen atoms in total. The Labute approximate surface area is 141 Å². The van der Waals surface area contributed by atoms with Crippen molar-refractivity contribution in [3.05, 3.63) is 59.4 Å². The molecule has 0 aliphatic carbocycles. The molecule has 2 aromatic rings. The van der Waals surface area contributed by atoms with Crippen molar-refractivity contribution in [1.82, 2.24) is 0 Å². The van der Waals surface area contributed by atoms with Gasteiger partial charge in [-0.1, -0.05) is 19.1 Å². The maximum absolute atomic E-state index is 13.2. The van der Waals surface area contributed by atoms with Crippen LogP contribution in [0.1, 0.15) is 24.5 Å². The molecule has 2 aromatic carbocycles. The van der Waals surface area contributed by atoms with Crippen molar-refractivity contribution >= 4 is 11.6 Å². The van der Waals surface area contributed by atoms with Crippen LogP contribution in [0, 0.1) is 11.7 Å².